The summed E-state index contributed by atoms with van der Waals surface area (Å²) in [7, 11) is 0. The Morgan fingerprint density at radius 2 is 2.44 bits per heavy atom. The van der Waals surface area contributed by atoms with Crippen LogP contribution in [0.15, 0.2) is 18.3 Å². The second kappa shape index (κ2) is 4.27. The molecule has 0 spiro atoms. The van der Waals surface area contributed by atoms with Crippen molar-refractivity contribution in [2.45, 2.75) is 18.9 Å². The summed E-state index contributed by atoms with van der Waals surface area (Å²) in [6.07, 6.45) is 2.74. The Kier molecular flexibility index (Phi) is 2.82. The van der Waals surface area contributed by atoms with E-state index < -0.39 is 5.95 Å². The standard InChI is InChI=1S/C11H10FN3O/c12-10-4-3-8(7-14-10)11(16)15-5-1-2-9(15)6-13/h3-4,7,9H,1-2,5H2. The molecule has 1 fully saturated rings. The van der Waals surface area contributed by atoms with Crippen LogP contribution >= 0.6 is 0 Å². The van der Waals surface area contributed by atoms with Gasteiger partial charge in [0.15, 0.2) is 0 Å². The number of carbonyl (C=O) groups excluding carboxylic acids is 1. The highest BCUT2D eigenvalue weighted by Crippen LogP contribution is 2.19. The Morgan fingerprint density at radius 1 is 1.62 bits per heavy atom. The molecule has 1 aromatic rings. The third-order valence-electron chi connectivity index (χ3n) is 2.64. The largest absolute Gasteiger partial charge is 0.323 e. The Morgan fingerprint density at radius 3 is 3.06 bits per heavy atom. The average molecular weight is 219 g/mol. The number of aromatic nitrogens is 1. The fourth-order valence-electron chi connectivity index (χ4n) is 1.81. The van der Waals surface area contributed by atoms with Gasteiger partial charge in [0, 0.05) is 12.7 Å². The van der Waals surface area contributed by atoms with Gasteiger partial charge in [0.25, 0.3) is 5.91 Å². The van der Waals surface area contributed by atoms with Gasteiger partial charge in [-0.1, -0.05) is 0 Å². The van der Waals surface area contributed by atoms with Gasteiger partial charge in [-0.3, -0.25) is 4.79 Å². The van der Waals surface area contributed by atoms with Crippen LogP contribution in [0.1, 0.15) is 23.2 Å². The summed E-state index contributed by atoms with van der Waals surface area (Å²) in [4.78, 5) is 16.9. The average Bonchev–Trinajstić information content (AvgIpc) is 2.77. The lowest BCUT2D eigenvalue weighted by Crippen LogP contribution is -2.34. The van der Waals surface area contributed by atoms with E-state index in [9.17, 15) is 9.18 Å². The Labute approximate surface area is 92.3 Å². The number of nitriles is 1. The minimum Gasteiger partial charge on any atom is -0.323 e. The van der Waals surface area contributed by atoms with E-state index in [1.807, 2.05) is 0 Å². The smallest absolute Gasteiger partial charge is 0.256 e. The van der Waals surface area contributed by atoms with Crippen molar-refractivity contribution in [2.24, 2.45) is 0 Å². The van der Waals surface area contributed by atoms with E-state index in [1.165, 1.54) is 17.2 Å². The van der Waals surface area contributed by atoms with Crippen LogP contribution in [0.2, 0.25) is 0 Å². The molecule has 0 radical (unpaired) electrons. The summed E-state index contributed by atoms with van der Waals surface area (Å²) in [6, 6.07) is 4.25. The van der Waals surface area contributed by atoms with Crippen LogP contribution < -0.4 is 0 Å². The topological polar surface area (TPSA) is 57.0 Å². The first-order valence-corrected chi connectivity index (χ1v) is 5.04. The Hall–Kier alpha value is -1.96. The summed E-state index contributed by atoms with van der Waals surface area (Å²) < 4.78 is 12.6. The molecule has 0 saturated carbocycles. The lowest BCUT2D eigenvalue weighted by atomic mass is 10.2. The van der Waals surface area contributed by atoms with Gasteiger partial charge in [-0.05, 0) is 25.0 Å². The zero-order chi connectivity index (χ0) is 11.5. The second-order valence-corrected chi connectivity index (χ2v) is 3.66. The Balaban J connectivity index is 2.19. The van der Waals surface area contributed by atoms with E-state index in [1.54, 1.807) is 0 Å². The first-order chi connectivity index (χ1) is 7.72. The van der Waals surface area contributed by atoms with Crippen molar-refractivity contribution in [1.29, 1.82) is 5.26 Å². The van der Waals surface area contributed by atoms with Gasteiger partial charge in [-0.15, -0.1) is 0 Å². The third-order valence-corrected chi connectivity index (χ3v) is 2.64. The number of pyridine rings is 1. The molecule has 2 heterocycles. The molecule has 1 unspecified atom stereocenters. The first kappa shape index (κ1) is 10.6. The van der Waals surface area contributed by atoms with Crippen LogP contribution in [0.25, 0.3) is 0 Å². The van der Waals surface area contributed by atoms with E-state index in [-0.39, 0.29) is 11.9 Å². The zero-order valence-corrected chi connectivity index (χ0v) is 8.56. The predicted molar refractivity (Wildman–Crippen MR) is 53.9 cm³/mol. The SMILES string of the molecule is N#CC1CCCN1C(=O)c1ccc(F)nc1. The minimum atomic E-state index is -0.616. The molecule has 2 rings (SSSR count). The zero-order valence-electron chi connectivity index (χ0n) is 8.56. The maximum atomic E-state index is 12.6. The van der Waals surface area contributed by atoms with E-state index in [4.69, 9.17) is 5.26 Å². The summed E-state index contributed by atoms with van der Waals surface area (Å²) >= 11 is 0. The molecule has 1 atom stereocenters. The lowest BCUT2D eigenvalue weighted by molar-refractivity contribution is 0.0764. The van der Waals surface area contributed by atoms with Crippen molar-refractivity contribution in [3.63, 3.8) is 0 Å². The van der Waals surface area contributed by atoms with Gasteiger partial charge in [-0.25, -0.2) is 4.98 Å². The molecule has 1 amide bonds. The molecule has 1 aliphatic rings. The van der Waals surface area contributed by atoms with Crippen LogP contribution in [-0.2, 0) is 0 Å². The number of halogens is 1. The second-order valence-electron chi connectivity index (χ2n) is 3.66. The summed E-state index contributed by atoms with van der Waals surface area (Å²) in [5, 5.41) is 8.86. The molecular weight excluding hydrogens is 209 g/mol. The highest BCUT2D eigenvalue weighted by molar-refractivity contribution is 5.94. The van der Waals surface area contributed by atoms with Crippen molar-refractivity contribution in [3.05, 3.63) is 29.8 Å². The fourth-order valence-corrected chi connectivity index (χ4v) is 1.81. The first-order valence-electron chi connectivity index (χ1n) is 5.04. The molecule has 4 nitrogen and oxygen atoms in total. The molecule has 0 N–H and O–H groups in total. The number of amides is 1. The van der Waals surface area contributed by atoms with Crippen LogP contribution in [0.3, 0.4) is 0 Å². The van der Waals surface area contributed by atoms with E-state index >= 15 is 0 Å². The number of likely N-dealkylation sites (tertiary alicyclic amines) is 1. The summed E-state index contributed by atoms with van der Waals surface area (Å²) in [5.74, 6) is -0.869. The van der Waals surface area contributed by atoms with Crippen LogP contribution in [0, 0.1) is 17.3 Å². The minimum absolute atomic E-state index is 0.253. The molecule has 1 aliphatic heterocycles. The van der Waals surface area contributed by atoms with Gasteiger partial charge in [0.05, 0.1) is 11.6 Å². The van der Waals surface area contributed by atoms with Crippen LogP contribution in [0.4, 0.5) is 4.39 Å². The van der Waals surface area contributed by atoms with Gasteiger partial charge >= 0.3 is 0 Å². The number of carbonyl (C=O) groups is 1. The third kappa shape index (κ3) is 1.87. The lowest BCUT2D eigenvalue weighted by Gasteiger charge is -2.19. The Bertz CT molecular complexity index is 438. The van der Waals surface area contributed by atoms with Gasteiger partial charge in [0.1, 0.15) is 6.04 Å². The fraction of sp³-hybridized carbons (Fsp3) is 0.364. The maximum absolute atomic E-state index is 12.6. The van der Waals surface area contributed by atoms with Gasteiger partial charge < -0.3 is 4.90 Å². The number of hydrogen-bond donors (Lipinski definition) is 0. The van der Waals surface area contributed by atoms with Crippen LogP contribution in [0.5, 0.6) is 0 Å². The maximum Gasteiger partial charge on any atom is 0.256 e. The summed E-state index contributed by atoms with van der Waals surface area (Å²) in [5.41, 5.74) is 0.323. The van der Waals surface area contributed by atoms with Crippen molar-refractivity contribution >= 4 is 5.91 Å². The van der Waals surface area contributed by atoms with Crippen molar-refractivity contribution < 1.29 is 9.18 Å². The van der Waals surface area contributed by atoms with E-state index in [0.717, 1.165) is 12.5 Å². The monoisotopic (exact) mass is 219 g/mol. The quantitative estimate of drug-likeness (QED) is 0.670. The molecule has 1 aromatic heterocycles. The van der Waals surface area contributed by atoms with Crippen molar-refractivity contribution in [2.75, 3.05) is 6.54 Å². The summed E-state index contributed by atoms with van der Waals surface area (Å²) in [6.45, 7) is 0.578. The van der Waals surface area contributed by atoms with E-state index in [2.05, 4.69) is 11.1 Å². The molecule has 1 saturated heterocycles. The highest BCUT2D eigenvalue weighted by atomic mass is 19.1. The molecule has 82 valence electrons. The van der Waals surface area contributed by atoms with Crippen LogP contribution in [-0.4, -0.2) is 28.4 Å². The highest BCUT2D eigenvalue weighted by Gasteiger charge is 2.29. The molecule has 0 aliphatic carbocycles. The number of hydrogen-bond acceptors (Lipinski definition) is 3. The van der Waals surface area contributed by atoms with Gasteiger partial charge in [-0.2, -0.15) is 9.65 Å². The van der Waals surface area contributed by atoms with E-state index in [0.29, 0.717) is 18.5 Å². The predicted octanol–water partition coefficient (Wildman–Crippen LogP) is 1.35. The molecule has 5 heteroatoms. The molecule has 0 bridgehead atoms. The van der Waals surface area contributed by atoms with Crippen molar-refractivity contribution in [3.8, 4) is 6.07 Å². The van der Waals surface area contributed by atoms with Gasteiger partial charge in [0.2, 0.25) is 5.95 Å². The normalized spacial score (nSPS) is 19.5. The molecule has 16 heavy (non-hydrogen) atoms. The van der Waals surface area contributed by atoms with Crippen molar-refractivity contribution in [1.82, 2.24) is 9.88 Å². The number of rotatable bonds is 1. The molecule has 0 aromatic carbocycles. The molecular formula is C11H10FN3O. The number of nitrogens with zero attached hydrogens (tertiary/aromatic N) is 3.